The summed E-state index contributed by atoms with van der Waals surface area (Å²) in [5.74, 6) is 0.906. The largest absolute Gasteiger partial charge is 0.492 e. The van der Waals surface area contributed by atoms with Gasteiger partial charge in [0, 0.05) is 7.11 Å². The summed E-state index contributed by atoms with van der Waals surface area (Å²) in [5.41, 5.74) is 0.660. The van der Waals surface area contributed by atoms with Gasteiger partial charge in [0.2, 0.25) is 0 Å². The number of para-hydroxylation sites is 1. The maximum Gasteiger partial charge on any atom is 0.122 e. The first-order valence-electron chi connectivity index (χ1n) is 5.84. The topological polar surface area (TPSA) is 42.2 Å². The predicted octanol–water partition coefficient (Wildman–Crippen LogP) is 2.56. The lowest BCUT2D eigenvalue weighted by Gasteiger charge is -2.33. The lowest BCUT2D eigenvalue weighted by molar-refractivity contribution is 0.0560. The van der Waals surface area contributed by atoms with Crippen LogP contribution in [0.15, 0.2) is 24.3 Å². The Balaban J connectivity index is 2.21. The second-order valence-corrected chi connectivity index (χ2v) is 4.72. The maximum absolute atomic E-state index is 9.43. The Labute approximate surface area is 102 Å². The molecule has 2 rings (SSSR count). The van der Waals surface area contributed by atoms with Crippen molar-refractivity contribution in [2.45, 2.75) is 25.9 Å². The number of nitrogens with zero attached hydrogens (tertiary/aromatic N) is 1. The van der Waals surface area contributed by atoms with Gasteiger partial charge in [-0.25, -0.2) is 0 Å². The van der Waals surface area contributed by atoms with Crippen molar-refractivity contribution < 1.29 is 9.47 Å². The highest BCUT2D eigenvalue weighted by molar-refractivity contribution is 5.37. The van der Waals surface area contributed by atoms with Crippen LogP contribution in [0.4, 0.5) is 0 Å². The Morgan fingerprint density at radius 3 is 3.00 bits per heavy atom. The molecule has 2 unspecified atom stereocenters. The van der Waals surface area contributed by atoms with Gasteiger partial charge in [-0.05, 0) is 31.4 Å². The number of hydrogen-bond acceptors (Lipinski definition) is 3. The fourth-order valence-corrected chi connectivity index (χ4v) is 2.30. The SMILES string of the molecule is COC(C)CC1(C#N)COc2ccccc2C1. The molecule has 0 aliphatic carbocycles. The highest BCUT2D eigenvalue weighted by Gasteiger charge is 2.37. The van der Waals surface area contributed by atoms with E-state index in [9.17, 15) is 5.26 Å². The average Bonchev–Trinajstić information content (AvgIpc) is 2.38. The molecule has 90 valence electrons. The Hall–Kier alpha value is -1.53. The first-order chi connectivity index (χ1) is 8.19. The summed E-state index contributed by atoms with van der Waals surface area (Å²) in [6, 6.07) is 10.3. The van der Waals surface area contributed by atoms with Crippen molar-refractivity contribution in [3.05, 3.63) is 29.8 Å². The van der Waals surface area contributed by atoms with Gasteiger partial charge in [-0.2, -0.15) is 5.26 Å². The van der Waals surface area contributed by atoms with Crippen molar-refractivity contribution in [1.29, 1.82) is 5.26 Å². The molecule has 1 aliphatic heterocycles. The molecular weight excluding hydrogens is 214 g/mol. The van der Waals surface area contributed by atoms with Crippen LogP contribution in [0.5, 0.6) is 5.75 Å². The Morgan fingerprint density at radius 2 is 2.29 bits per heavy atom. The Kier molecular flexibility index (Phi) is 3.35. The number of benzene rings is 1. The van der Waals surface area contributed by atoms with E-state index >= 15 is 0 Å². The molecule has 17 heavy (non-hydrogen) atoms. The molecule has 1 heterocycles. The third-order valence-electron chi connectivity index (χ3n) is 3.32. The summed E-state index contributed by atoms with van der Waals surface area (Å²) in [4.78, 5) is 0. The van der Waals surface area contributed by atoms with E-state index in [1.807, 2.05) is 31.2 Å². The van der Waals surface area contributed by atoms with Crippen LogP contribution >= 0.6 is 0 Å². The number of methoxy groups -OCH3 is 1. The molecule has 1 aromatic carbocycles. The number of rotatable bonds is 3. The summed E-state index contributed by atoms with van der Waals surface area (Å²) in [7, 11) is 1.67. The van der Waals surface area contributed by atoms with E-state index in [0.717, 1.165) is 17.7 Å². The zero-order valence-electron chi connectivity index (χ0n) is 10.3. The van der Waals surface area contributed by atoms with E-state index in [1.54, 1.807) is 7.11 Å². The smallest absolute Gasteiger partial charge is 0.122 e. The highest BCUT2D eigenvalue weighted by Crippen LogP contribution is 2.37. The molecule has 0 saturated heterocycles. The first kappa shape index (κ1) is 11.9. The normalized spacial score (nSPS) is 24.3. The Bertz CT molecular complexity index is 438. The van der Waals surface area contributed by atoms with Crippen molar-refractivity contribution in [3.8, 4) is 11.8 Å². The molecule has 0 aromatic heterocycles. The highest BCUT2D eigenvalue weighted by atomic mass is 16.5. The van der Waals surface area contributed by atoms with Gasteiger partial charge >= 0.3 is 0 Å². The van der Waals surface area contributed by atoms with Crippen LogP contribution in [0.25, 0.3) is 0 Å². The standard InChI is InChI=1S/C14H17NO2/c1-11(16-2)7-14(9-15)8-12-5-3-4-6-13(12)17-10-14/h3-6,11H,7-8,10H2,1-2H3. The van der Waals surface area contributed by atoms with Crippen LogP contribution in [0.2, 0.25) is 0 Å². The fraction of sp³-hybridized carbons (Fsp3) is 0.500. The molecule has 0 N–H and O–H groups in total. The van der Waals surface area contributed by atoms with Crippen molar-refractivity contribution in [1.82, 2.24) is 0 Å². The summed E-state index contributed by atoms with van der Waals surface area (Å²) < 4.78 is 11.0. The predicted molar refractivity (Wildman–Crippen MR) is 64.8 cm³/mol. The lowest BCUT2D eigenvalue weighted by atomic mass is 9.77. The second-order valence-electron chi connectivity index (χ2n) is 4.72. The summed E-state index contributed by atoms with van der Waals surface area (Å²) >= 11 is 0. The number of nitriles is 1. The monoisotopic (exact) mass is 231 g/mol. The molecule has 2 atom stereocenters. The molecule has 3 heteroatoms. The van der Waals surface area contributed by atoms with Crippen molar-refractivity contribution >= 4 is 0 Å². The zero-order valence-corrected chi connectivity index (χ0v) is 10.3. The van der Waals surface area contributed by atoms with Gasteiger partial charge in [-0.15, -0.1) is 0 Å². The van der Waals surface area contributed by atoms with E-state index < -0.39 is 5.41 Å². The fourth-order valence-electron chi connectivity index (χ4n) is 2.30. The lowest BCUT2D eigenvalue weighted by Crippen LogP contribution is -2.36. The van der Waals surface area contributed by atoms with Gasteiger partial charge in [-0.1, -0.05) is 18.2 Å². The van der Waals surface area contributed by atoms with Crippen LogP contribution in [0.3, 0.4) is 0 Å². The van der Waals surface area contributed by atoms with Gasteiger partial charge in [0.1, 0.15) is 12.4 Å². The molecule has 0 fully saturated rings. The van der Waals surface area contributed by atoms with Gasteiger partial charge in [-0.3, -0.25) is 0 Å². The van der Waals surface area contributed by atoms with Gasteiger partial charge in [0.15, 0.2) is 0 Å². The van der Waals surface area contributed by atoms with E-state index in [-0.39, 0.29) is 6.10 Å². The molecule has 3 nitrogen and oxygen atoms in total. The van der Waals surface area contributed by atoms with Crippen molar-refractivity contribution in [2.24, 2.45) is 5.41 Å². The molecule has 0 spiro atoms. The molecule has 1 aliphatic rings. The summed E-state index contributed by atoms with van der Waals surface area (Å²) in [5, 5.41) is 9.43. The van der Waals surface area contributed by atoms with Gasteiger partial charge in [0.05, 0.1) is 17.6 Å². The van der Waals surface area contributed by atoms with E-state index in [4.69, 9.17) is 9.47 Å². The van der Waals surface area contributed by atoms with E-state index in [0.29, 0.717) is 13.0 Å². The van der Waals surface area contributed by atoms with Gasteiger partial charge in [0.25, 0.3) is 0 Å². The molecular formula is C14H17NO2. The third-order valence-corrected chi connectivity index (χ3v) is 3.32. The van der Waals surface area contributed by atoms with Crippen LogP contribution in [0.1, 0.15) is 18.9 Å². The van der Waals surface area contributed by atoms with Crippen LogP contribution in [-0.2, 0) is 11.2 Å². The number of hydrogen-bond donors (Lipinski definition) is 0. The van der Waals surface area contributed by atoms with Crippen LogP contribution in [-0.4, -0.2) is 19.8 Å². The number of ether oxygens (including phenoxy) is 2. The molecule has 1 aromatic rings. The molecule has 0 amide bonds. The first-order valence-corrected chi connectivity index (χ1v) is 5.84. The van der Waals surface area contributed by atoms with Gasteiger partial charge < -0.3 is 9.47 Å². The second kappa shape index (κ2) is 4.77. The van der Waals surface area contributed by atoms with Crippen molar-refractivity contribution in [2.75, 3.05) is 13.7 Å². The number of fused-ring (bicyclic) bond motifs is 1. The van der Waals surface area contributed by atoms with E-state index in [2.05, 4.69) is 6.07 Å². The summed E-state index contributed by atoms with van der Waals surface area (Å²) in [6.45, 7) is 2.44. The van der Waals surface area contributed by atoms with Crippen LogP contribution < -0.4 is 4.74 Å². The average molecular weight is 231 g/mol. The minimum atomic E-state index is -0.455. The minimum Gasteiger partial charge on any atom is -0.492 e. The quantitative estimate of drug-likeness (QED) is 0.802. The maximum atomic E-state index is 9.43. The zero-order chi connectivity index (χ0) is 12.3. The third kappa shape index (κ3) is 2.42. The van der Waals surface area contributed by atoms with Crippen molar-refractivity contribution in [3.63, 3.8) is 0 Å². The Morgan fingerprint density at radius 1 is 1.53 bits per heavy atom. The summed E-state index contributed by atoms with van der Waals surface area (Å²) in [6.07, 6.45) is 1.52. The van der Waals surface area contributed by atoms with Crippen LogP contribution in [0, 0.1) is 16.7 Å². The molecule has 0 saturated carbocycles. The van der Waals surface area contributed by atoms with E-state index in [1.165, 1.54) is 0 Å². The molecule has 0 radical (unpaired) electrons. The minimum absolute atomic E-state index is 0.0727. The molecule has 0 bridgehead atoms.